The lowest BCUT2D eigenvalue weighted by Gasteiger charge is -2.42. The Morgan fingerprint density at radius 1 is 0.846 bits per heavy atom. The fraction of sp³-hybridized carbons (Fsp3) is 0.745. The molecule has 3 aliphatic heterocycles. The van der Waals surface area contributed by atoms with Crippen molar-refractivity contribution in [2.45, 2.75) is 180 Å². The summed E-state index contributed by atoms with van der Waals surface area (Å²) < 4.78 is 29.4. The van der Waals surface area contributed by atoms with Gasteiger partial charge in [-0.05, 0) is 107 Å². The van der Waals surface area contributed by atoms with E-state index in [1.54, 1.807) is 41.1 Å². The summed E-state index contributed by atoms with van der Waals surface area (Å²) in [7, 11) is 4.52. The number of nitrogens with zero attached hydrogens (tertiary/aromatic N) is 1. The molecule has 4 aliphatic rings. The van der Waals surface area contributed by atoms with Gasteiger partial charge in [0.25, 0.3) is 11.7 Å². The third-order valence-corrected chi connectivity index (χ3v) is 14.5. The quantitative estimate of drug-likeness (QED) is 0.156. The first kappa shape index (κ1) is 54.2. The second-order valence-corrected chi connectivity index (χ2v) is 19.6. The first-order valence-corrected chi connectivity index (χ1v) is 23.9. The number of ketones is 3. The van der Waals surface area contributed by atoms with Crippen LogP contribution >= 0.6 is 0 Å². The van der Waals surface area contributed by atoms with E-state index in [1.807, 2.05) is 58.1 Å². The van der Waals surface area contributed by atoms with Crippen molar-refractivity contribution in [3.05, 3.63) is 47.6 Å². The molecule has 14 heteroatoms. The Kier molecular flexibility index (Phi) is 21.0. The third-order valence-electron chi connectivity index (χ3n) is 14.5. The Hall–Kier alpha value is -3.37. The molecule has 0 aromatic carbocycles. The van der Waals surface area contributed by atoms with E-state index in [4.69, 9.17) is 23.7 Å². The van der Waals surface area contributed by atoms with Gasteiger partial charge in [0, 0.05) is 58.5 Å². The largest absolute Gasteiger partial charge is 0.460 e. The minimum Gasteiger partial charge on any atom is -0.460 e. The standard InChI is InChI=1S/C51H79NO13/c1-30-16-12-11-13-17-31(2)42(61-8)28-38-21-19-36(7)51(60,65-38)48(57)49(58)52-23-15-14-18-39(52)50(59)64-43(33(4)26-37-20-22-40(53)44(27-37)62-9)29-41(54)32(3)25-35(6)46(56)47(63-10)45(55)34(5)24-30/h11-13,16-17,25,30,32-34,36-40,42-44,46-47,53,56,60H,14-15,18-24,26-29H2,1-10H3/b13-11+,16-12-,31-17+,35-25+/t30-,32-,33?,34-,36-,37-,38+,39?,40-,42+,43+,44-,46-,47+,51-/m1/s1. The maximum Gasteiger partial charge on any atom is 0.329 e. The van der Waals surface area contributed by atoms with Crippen LogP contribution in [0.15, 0.2) is 47.6 Å². The zero-order valence-electron chi connectivity index (χ0n) is 40.6. The van der Waals surface area contributed by atoms with E-state index >= 15 is 0 Å². The van der Waals surface area contributed by atoms with Gasteiger partial charge in [-0.3, -0.25) is 19.2 Å². The molecule has 14 nitrogen and oxygen atoms in total. The highest BCUT2D eigenvalue weighted by molar-refractivity contribution is 6.39. The molecule has 2 unspecified atom stereocenters. The van der Waals surface area contributed by atoms with Crippen LogP contribution in [0.4, 0.5) is 0 Å². The van der Waals surface area contributed by atoms with Crippen LogP contribution < -0.4 is 0 Å². The summed E-state index contributed by atoms with van der Waals surface area (Å²) in [4.78, 5) is 71.8. The number of methoxy groups -OCH3 is 3. The lowest BCUT2D eigenvalue weighted by atomic mass is 9.78. The molecular formula is C51H79NO13. The molecule has 1 amide bonds. The summed E-state index contributed by atoms with van der Waals surface area (Å²) in [5.41, 5.74) is 1.27. The predicted molar refractivity (Wildman–Crippen MR) is 245 cm³/mol. The second kappa shape index (κ2) is 25.1. The fourth-order valence-corrected chi connectivity index (χ4v) is 10.1. The van der Waals surface area contributed by atoms with Gasteiger partial charge in [0.2, 0.25) is 5.79 Å². The van der Waals surface area contributed by atoms with Crippen molar-refractivity contribution < 1.29 is 63.0 Å². The average molecular weight is 914 g/mol. The summed E-state index contributed by atoms with van der Waals surface area (Å²) in [6.45, 7) is 12.7. The molecule has 366 valence electrons. The molecule has 3 N–H and O–H groups in total. The number of carbonyl (C=O) groups is 5. The SMILES string of the molecule is CO[C@H]1C[C@@H]2CC[C@@H](C)[C@@](O)(O2)C(=O)C(=O)N2CCCCC2C(=O)O[C@H](C(C)C[C@H]2CC[C@@H](O)[C@H](OC)C2)CC(=O)[C@H](C)/C=C(\C)[C@@H](O)[C@@H](OC)C(=O)[C@H](C)C[C@H](C)\C=C/C=C/C=C/1C. The van der Waals surface area contributed by atoms with Gasteiger partial charge in [0.1, 0.15) is 30.1 Å². The van der Waals surface area contributed by atoms with Crippen LogP contribution in [0, 0.1) is 35.5 Å². The van der Waals surface area contributed by atoms with Crippen LogP contribution in [0.25, 0.3) is 0 Å². The Labute approximate surface area is 387 Å². The molecule has 4 rings (SSSR count). The van der Waals surface area contributed by atoms with Gasteiger partial charge >= 0.3 is 5.97 Å². The Morgan fingerprint density at radius 2 is 1.57 bits per heavy atom. The fourth-order valence-electron chi connectivity index (χ4n) is 10.1. The van der Waals surface area contributed by atoms with Crippen molar-refractivity contribution in [3.63, 3.8) is 0 Å². The highest BCUT2D eigenvalue weighted by Crippen LogP contribution is 2.38. The van der Waals surface area contributed by atoms with Crippen LogP contribution in [0.5, 0.6) is 0 Å². The number of Topliss-reactive ketones (excluding diaryl/α,β-unsaturated/α-hetero) is 3. The second-order valence-electron chi connectivity index (χ2n) is 19.6. The molecule has 15 atom stereocenters. The number of amides is 1. The summed E-state index contributed by atoms with van der Waals surface area (Å²) in [6, 6.07) is -1.14. The number of hydrogen-bond donors (Lipinski definition) is 3. The van der Waals surface area contributed by atoms with Crippen LogP contribution in [-0.2, 0) is 47.7 Å². The number of ether oxygens (including phenoxy) is 5. The Morgan fingerprint density at radius 3 is 2.25 bits per heavy atom. The third kappa shape index (κ3) is 14.3. The van der Waals surface area contributed by atoms with Crippen molar-refractivity contribution in [1.29, 1.82) is 0 Å². The highest BCUT2D eigenvalue weighted by atomic mass is 16.6. The topological polar surface area (TPSA) is 195 Å². The molecule has 0 spiro atoms. The van der Waals surface area contributed by atoms with Gasteiger partial charge in [0.15, 0.2) is 5.78 Å². The van der Waals surface area contributed by atoms with Crippen molar-refractivity contribution in [1.82, 2.24) is 4.90 Å². The van der Waals surface area contributed by atoms with E-state index in [2.05, 4.69) is 0 Å². The summed E-state index contributed by atoms with van der Waals surface area (Å²) in [5, 5.41) is 33.8. The molecule has 3 heterocycles. The van der Waals surface area contributed by atoms with Crippen LogP contribution in [0.2, 0.25) is 0 Å². The number of allylic oxidation sites excluding steroid dienone is 6. The minimum absolute atomic E-state index is 0.0193. The molecule has 0 aromatic rings. The van der Waals surface area contributed by atoms with Crippen molar-refractivity contribution in [2.75, 3.05) is 27.9 Å². The lowest BCUT2D eigenvalue weighted by molar-refractivity contribution is -0.265. The van der Waals surface area contributed by atoms with E-state index < -0.39 is 83.9 Å². The van der Waals surface area contributed by atoms with Crippen molar-refractivity contribution in [2.24, 2.45) is 35.5 Å². The number of piperidine rings is 1. The molecule has 65 heavy (non-hydrogen) atoms. The van der Waals surface area contributed by atoms with E-state index in [1.165, 1.54) is 12.0 Å². The average Bonchev–Trinajstić information content (AvgIpc) is 3.28. The molecular weight excluding hydrogens is 835 g/mol. The van der Waals surface area contributed by atoms with Gasteiger partial charge in [-0.25, -0.2) is 4.79 Å². The predicted octanol–water partition coefficient (Wildman–Crippen LogP) is 6.18. The van der Waals surface area contributed by atoms with Crippen LogP contribution in [0.1, 0.15) is 126 Å². The number of aliphatic hydroxyl groups excluding tert-OH is 2. The first-order chi connectivity index (χ1) is 30.7. The van der Waals surface area contributed by atoms with Crippen LogP contribution in [0.3, 0.4) is 0 Å². The van der Waals surface area contributed by atoms with Gasteiger partial charge in [0.05, 0.1) is 24.4 Å². The number of esters is 1. The minimum atomic E-state index is -2.43. The van der Waals surface area contributed by atoms with E-state index in [0.717, 1.165) is 12.0 Å². The van der Waals surface area contributed by atoms with Crippen molar-refractivity contribution in [3.8, 4) is 0 Å². The van der Waals surface area contributed by atoms with Gasteiger partial charge < -0.3 is 43.9 Å². The molecule has 0 radical (unpaired) electrons. The van der Waals surface area contributed by atoms with Gasteiger partial charge in [-0.2, -0.15) is 0 Å². The van der Waals surface area contributed by atoms with Gasteiger partial charge in [-0.15, -0.1) is 0 Å². The molecule has 3 fully saturated rings. The molecule has 2 bridgehead atoms. The highest BCUT2D eigenvalue weighted by Gasteiger charge is 2.53. The zero-order chi connectivity index (χ0) is 48.2. The molecule has 0 aromatic heterocycles. The zero-order valence-corrected chi connectivity index (χ0v) is 40.6. The monoisotopic (exact) mass is 914 g/mol. The number of fused-ring (bicyclic) bond motifs is 3. The number of aliphatic hydroxyl groups is 3. The normalized spacial score (nSPS) is 40.4. The summed E-state index contributed by atoms with van der Waals surface area (Å²) in [5.74, 6) is -7.96. The van der Waals surface area contributed by atoms with E-state index in [9.17, 15) is 39.3 Å². The maximum absolute atomic E-state index is 14.4. The molecule has 1 saturated carbocycles. The molecule has 1 aliphatic carbocycles. The Balaban J connectivity index is 1.70. The maximum atomic E-state index is 14.4. The molecule has 2 saturated heterocycles. The lowest BCUT2D eigenvalue weighted by Crippen LogP contribution is -2.61. The number of cyclic esters (lactones) is 1. The number of carbonyl (C=O) groups excluding carboxylic acids is 5. The summed E-state index contributed by atoms with van der Waals surface area (Å²) in [6.07, 6.45) is 11.2. The summed E-state index contributed by atoms with van der Waals surface area (Å²) >= 11 is 0. The van der Waals surface area contributed by atoms with E-state index in [-0.39, 0.29) is 54.8 Å². The Bertz CT molecular complexity index is 1760. The van der Waals surface area contributed by atoms with Crippen molar-refractivity contribution >= 4 is 29.2 Å². The first-order valence-electron chi connectivity index (χ1n) is 23.9. The van der Waals surface area contributed by atoms with E-state index in [0.29, 0.717) is 63.4 Å². The number of rotatable bonds is 6. The number of hydrogen-bond acceptors (Lipinski definition) is 13. The van der Waals surface area contributed by atoms with Gasteiger partial charge in [-0.1, -0.05) is 71.1 Å². The smallest absolute Gasteiger partial charge is 0.329 e. The van der Waals surface area contributed by atoms with Crippen LogP contribution in [-0.4, -0.2) is 132 Å².